The monoisotopic (exact) mass is 344 g/mol. The molecule has 0 radical (unpaired) electrons. The van der Waals surface area contributed by atoms with Crippen molar-refractivity contribution in [3.63, 3.8) is 0 Å². The van der Waals surface area contributed by atoms with E-state index in [1.54, 1.807) is 30.3 Å². The zero-order chi connectivity index (χ0) is 17.9. The van der Waals surface area contributed by atoms with Gasteiger partial charge in [0.15, 0.2) is 0 Å². The molecule has 0 aliphatic rings. The van der Waals surface area contributed by atoms with E-state index >= 15 is 0 Å². The molecule has 0 aliphatic carbocycles. The van der Waals surface area contributed by atoms with Crippen LogP contribution >= 0.6 is 0 Å². The van der Waals surface area contributed by atoms with E-state index in [1.165, 1.54) is 25.3 Å². The number of amides is 1. The number of halogens is 1. The summed E-state index contributed by atoms with van der Waals surface area (Å²) in [5.74, 6) is 0.172. The Kier molecular flexibility index (Phi) is 7.76. The summed E-state index contributed by atoms with van der Waals surface area (Å²) in [6.07, 6.45) is 4.67. The summed E-state index contributed by atoms with van der Waals surface area (Å²) in [6, 6.07) is 13.5. The van der Waals surface area contributed by atoms with Crippen LogP contribution in [0.1, 0.15) is 32.6 Å². The summed E-state index contributed by atoms with van der Waals surface area (Å²) in [5.41, 5.74) is 0.989. The molecule has 0 fully saturated rings. The summed E-state index contributed by atoms with van der Waals surface area (Å²) in [5, 5.41) is 5.54. The van der Waals surface area contributed by atoms with Crippen LogP contribution in [0.2, 0.25) is 0 Å². The number of nitrogens with one attached hydrogen (secondary N) is 2. The Morgan fingerprint density at radius 2 is 1.80 bits per heavy atom. The molecule has 0 bridgehead atoms. The fourth-order valence-corrected chi connectivity index (χ4v) is 2.34. The van der Waals surface area contributed by atoms with Crippen LogP contribution in [0.15, 0.2) is 48.5 Å². The molecule has 2 aromatic rings. The molecule has 4 nitrogen and oxygen atoms in total. The molecule has 0 unspecified atom stereocenters. The van der Waals surface area contributed by atoms with Gasteiger partial charge < -0.3 is 15.4 Å². The van der Waals surface area contributed by atoms with Gasteiger partial charge in [0, 0.05) is 5.69 Å². The molecule has 1 amide bonds. The van der Waals surface area contributed by atoms with E-state index in [2.05, 4.69) is 17.6 Å². The first-order valence-corrected chi connectivity index (χ1v) is 8.70. The maximum atomic E-state index is 13.5. The van der Waals surface area contributed by atoms with Crippen molar-refractivity contribution in [3.05, 3.63) is 54.3 Å². The predicted molar refractivity (Wildman–Crippen MR) is 99.6 cm³/mol. The minimum Gasteiger partial charge on any atom is -0.494 e. The first-order chi connectivity index (χ1) is 12.2. The van der Waals surface area contributed by atoms with E-state index in [4.69, 9.17) is 4.74 Å². The Labute approximate surface area is 148 Å². The van der Waals surface area contributed by atoms with Crippen LogP contribution in [-0.4, -0.2) is 19.1 Å². The molecule has 25 heavy (non-hydrogen) atoms. The zero-order valence-electron chi connectivity index (χ0n) is 14.6. The number of hydrogen-bond acceptors (Lipinski definition) is 3. The first kappa shape index (κ1) is 18.8. The van der Waals surface area contributed by atoms with Gasteiger partial charge >= 0.3 is 0 Å². The van der Waals surface area contributed by atoms with Crippen LogP contribution < -0.4 is 15.4 Å². The van der Waals surface area contributed by atoms with Gasteiger partial charge in [-0.15, -0.1) is 0 Å². The molecule has 0 aromatic heterocycles. The molecule has 0 spiro atoms. The van der Waals surface area contributed by atoms with E-state index in [1.807, 2.05) is 12.1 Å². The molecule has 0 heterocycles. The fraction of sp³-hybridized carbons (Fsp3) is 0.350. The van der Waals surface area contributed by atoms with Crippen molar-refractivity contribution in [1.82, 2.24) is 0 Å². The standard InChI is InChI=1S/C20H25FN2O2/c1-2-3-4-7-14-25-17-12-10-16(11-13-17)23-20(24)15-22-19-9-6-5-8-18(19)21/h5-6,8-13,22H,2-4,7,14-15H2,1H3,(H,23,24). The largest absolute Gasteiger partial charge is 0.494 e. The number of ether oxygens (including phenoxy) is 1. The van der Waals surface area contributed by atoms with Gasteiger partial charge in [0.05, 0.1) is 18.8 Å². The van der Waals surface area contributed by atoms with Crippen LogP contribution in [0.25, 0.3) is 0 Å². The van der Waals surface area contributed by atoms with E-state index in [9.17, 15) is 9.18 Å². The van der Waals surface area contributed by atoms with Gasteiger partial charge in [-0.05, 0) is 42.8 Å². The van der Waals surface area contributed by atoms with Crippen molar-refractivity contribution in [2.24, 2.45) is 0 Å². The lowest BCUT2D eigenvalue weighted by atomic mass is 10.2. The lowest BCUT2D eigenvalue weighted by molar-refractivity contribution is -0.114. The zero-order valence-corrected chi connectivity index (χ0v) is 14.6. The number of para-hydroxylation sites is 1. The summed E-state index contributed by atoms with van der Waals surface area (Å²) < 4.78 is 19.1. The van der Waals surface area contributed by atoms with Gasteiger partial charge in [-0.1, -0.05) is 38.3 Å². The van der Waals surface area contributed by atoms with Gasteiger partial charge in [0.25, 0.3) is 0 Å². The molecule has 2 aromatic carbocycles. The van der Waals surface area contributed by atoms with E-state index in [-0.39, 0.29) is 18.3 Å². The predicted octanol–water partition coefficient (Wildman–Crippen LogP) is 4.84. The molecule has 0 saturated heterocycles. The highest BCUT2D eigenvalue weighted by atomic mass is 19.1. The topological polar surface area (TPSA) is 50.4 Å². The van der Waals surface area contributed by atoms with E-state index < -0.39 is 0 Å². The SMILES string of the molecule is CCCCCCOc1ccc(NC(=O)CNc2ccccc2F)cc1. The van der Waals surface area contributed by atoms with Gasteiger partial charge in [0.1, 0.15) is 11.6 Å². The van der Waals surface area contributed by atoms with E-state index in [0.29, 0.717) is 18.0 Å². The average Bonchev–Trinajstić information content (AvgIpc) is 2.62. The Bertz CT molecular complexity index is 659. The minimum absolute atomic E-state index is 0.00336. The molecular weight excluding hydrogens is 319 g/mol. The molecule has 134 valence electrons. The van der Waals surface area contributed by atoms with Crippen molar-refractivity contribution in [1.29, 1.82) is 0 Å². The van der Waals surface area contributed by atoms with Crippen LogP contribution in [0.4, 0.5) is 15.8 Å². The quantitative estimate of drug-likeness (QED) is 0.607. The van der Waals surface area contributed by atoms with Gasteiger partial charge in [0.2, 0.25) is 5.91 Å². The van der Waals surface area contributed by atoms with E-state index in [0.717, 1.165) is 12.2 Å². The van der Waals surface area contributed by atoms with Crippen LogP contribution in [-0.2, 0) is 4.79 Å². The van der Waals surface area contributed by atoms with Crippen LogP contribution in [0.3, 0.4) is 0 Å². The summed E-state index contributed by atoms with van der Waals surface area (Å²) in [6.45, 7) is 2.88. The smallest absolute Gasteiger partial charge is 0.243 e. The first-order valence-electron chi connectivity index (χ1n) is 8.70. The summed E-state index contributed by atoms with van der Waals surface area (Å²) >= 11 is 0. The van der Waals surface area contributed by atoms with Crippen molar-refractivity contribution in [3.8, 4) is 5.75 Å². The van der Waals surface area contributed by atoms with Gasteiger partial charge in [-0.2, -0.15) is 0 Å². The highest BCUT2D eigenvalue weighted by molar-refractivity contribution is 5.93. The number of hydrogen-bond donors (Lipinski definition) is 2. The molecule has 5 heteroatoms. The van der Waals surface area contributed by atoms with Crippen LogP contribution in [0.5, 0.6) is 5.75 Å². The maximum Gasteiger partial charge on any atom is 0.243 e. The molecular formula is C20H25FN2O2. The Balaban J connectivity index is 1.73. The van der Waals surface area contributed by atoms with Crippen molar-refractivity contribution in [2.75, 3.05) is 23.8 Å². The number of anilines is 2. The Morgan fingerprint density at radius 3 is 2.52 bits per heavy atom. The minimum atomic E-state index is -0.379. The molecule has 2 N–H and O–H groups in total. The third-order valence-electron chi connectivity index (χ3n) is 3.72. The van der Waals surface area contributed by atoms with Gasteiger partial charge in [-0.3, -0.25) is 4.79 Å². The van der Waals surface area contributed by atoms with Crippen molar-refractivity contribution >= 4 is 17.3 Å². The lowest BCUT2D eigenvalue weighted by Gasteiger charge is -2.10. The number of rotatable bonds is 10. The average molecular weight is 344 g/mol. The highest BCUT2D eigenvalue weighted by Gasteiger charge is 2.05. The maximum absolute atomic E-state index is 13.5. The number of carbonyl (C=O) groups excluding carboxylic acids is 1. The number of benzene rings is 2. The second kappa shape index (κ2) is 10.3. The Morgan fingerprint density at radius 1 is 1.04 bits per heavy atom. The highest BCUT2D eigenvalue weighted by Crippen LogP contribution is 2.16. The van der Waals surface area contributed by atoms with Gasteiger partial charge in [-0.25, -0.2) is 4.39 Å². The third-order valence-corrected chi connectivity index (χ3v) is 3.72. The molecule has 0 aliphatic heterocycles. The summed E-state index contributed by atoms with van der Waals surface area (Å²) in [4.78, 5) is 11.9. The molecule has 0 atom stereocenters. The third kappa shape index (κ3) is 6.83. The fourth-order valence-electron chi connectivity index (χ4n) is 2.34. The van der Waals surface area contributed by atoms with Crippen LogP contribution in [0, 0.1) is 5.82 Å². The number of unbranched alkanes of at least 4 members (excludes halogenated alkanes) is 3. The lowest BCUT2D eigenvalue weighted by Crippen LogP contribution is -2.22. The van der Waals surface area contributed by atoms with Crippen molar-refractivity contribution < 1.29 is 13.9 Å². The second-order valence-corrected chi connectivity index (χ2v) is 5.82. The molecule has 2 rings (SSSR count). The van der Waals surface area contributed by atoms with Crippen molar-refractivity contribution in [2.45, 2.75) is 32.6 Å². The number of carbonyl (C=O) groups is 1. The second-order valence-electron chi connectivity index (χ2n) is 5.82. The summed E-state index contributed by atoms with van der Waals surface area (Å²) in [7, 11) is 0. The molecule has 0 saturated carbocycles. The Hall–Kier alpha value is -2.56. The normalized spacial score (nSPS) is 10.3.